The summed E-state index contributed by atoms with van der Waals surface area (Å²) in [4.78, 5) is 33.4. The number of aryl methyl sites for hydroxylation is 1. The van der Waals surface area contributed by atoms with Crippen LogP contribution in [0.3, 0.4) is 0 Å². The van der Waals surface area contributed by atoms with Crippen molar-refractivity contribution < 1.29 is 23.6 Å². The SMILES string of the molecule is Cc1cc(=O)oc2cc(OCC(=O)OC(C)C)c([N+](=O)[O-])cc12. The molecule has 0 amide bonds. The first kappa shape index (κ1) is 16.5. The summed E-state index contributed by atoms with van der Waals surface area (Å²) in [5, 5.41) is 11.6. The van der Waals surface area contributed by atoms with Gasteiger partial charge in [-0.05, 0) is 26.3 Å². The lowest BCUT2D eigenvalue weighted by molar-refractivity contribution is -0.385. The van der Waals surface area contributed by atoms with Gasteiger partial charge in [0.05, 0.1) is 11.0 Å². The summed E-state index contributed by atoms with van der Waals surface area (Å²) in [6.07, 6.45) is -0.321. The summed E-state index contributed by atoms with van der Waals surface area (Å²) in [5.41, 5.74) is -0.209. The maximum absolute atomic E-state index is 11.5. The lowest BCUT2D eigenvalue weighted by Gasteiger charge is -2.10. The zero-order valence-electron chi connectivity index (χ0n) is 12.8. The van der Waals surface area contributed by atoms with Gasteiger partial charge in [-0.3, -0.25) is 10.1 Å². The van der Waals surface area contributed by atoms with Crippen molar-refractivity contribution in [3.8, 4) is 5.75 Å². The number of nitro benzene ring substituents is 1. The summed E-state index contributed by atoms with van der Waals surface area (Å²) in [5.74, 6) is -0.822. The van der Waals surface area contributed by atoms with E-state index in [0.29, 0.717) is 10.9 Å². The van der Waals surface area contributed by atoms with E-state index in [9.17, 15) is 19.7 Å². The van der Waals surface area contributed by atoms with Crippen LogP contribution in [0, 0.1) is 17.0 Å². The largest absolute Gasteiger partial charge is 0.475 e. The van der Waals surface area contributed by atoms with E-state index in [1.165, 1.54) is 18.2 Å². The summed E-state index contributed by atoms with van der Waals surface area (Å²) < 4.78 is 15.1. The lowest BCUT2D eigenvalue weighted by Crippen LogP contribution is -2.19. The van der Waals surface area contributed by atoms with Crippen LogP contribution >= 0.6 is 0 Å². The van der Waals surface area contributed by atoms with Crippen LogP contribution < -0.4 is 10.4 Å². The molecule has 1 aromatic carbocycles. The van der Waals surface area contributed by atoms with Gasteiger partial charge in [0.2, 0.25) is 5.75 Å². The van der Waals surface area contributed by atoms with Crippen molar-refractivity contribution >= 4 is 22.6 Å². The third-order valence-corrected chi connectivity index (χ3v) is 2.94. The van der Waals surface area contributed by atoms with Gasteiger partial charge in [0.15, 0.2) is 6.61 Å². The Morgan fingerprint density at radius 2 is 2.04 bits per heavy atom. The van der Waals surface area contributed by atoms with Crippen molar-refractivity contribution in [2.45, 2.75) is 26.9 Å². The molecule has 0 atom stereocenters. The predicted octanol–water partition coefficient (Wildman–Crippen LogP) is 2.34. The smallest absolute Gasteiger partial charge is 0.344 e. The number of fused-ring (bicyclic) bond motifs is 1. The zero-order chi connectivity index (χ0) is 17.1. The van der Waals surface area contributed by atoms with E-state index < -0.39 is 23.1 Å². The highest BCUT2D eigenvalue weighted by atomic mass is 16.6. The van der Waals surface area contributed by atoms with E-state index >= 15 is 0 Å². The number of rotatable bonds is 5. The van der Waals surface area contributed by atoms with Gasteiger partial charge in [-0.2, -0.15) is 0 Å². The van der Waals surface area contributed by atoms with Crippen LogP contribution in [-0.4, -0.2) is 23.6 Å². The average molecular weight is 321 g/mol. The second-order valence-electron chi connectivity index (χ2n) is 5.15. The molecule has 0 saturated carbocycles. The molecule has 0 unspecified atom stereocenters. The van der Waals surface area contributed by atoms with Crippen molar-refractivity contribution in [1.82, 2.24) is 0 Å². The van der Waals surface area contributed by atoms with Gasteiger partial charge < -0.3 is 13.9 Å². The molecule has 0 aliphatic heterocycles. The first-order valence-corrected chi connectivity index (χ1v) is 6.83. The molecule has 1 heterocycles. The minimum absolute atomic E-state index is 0.146. The Morgan fingerprint density at radius 3 is 2.65 bits per heavy atom. The summed E-state index contributed by atoms with van der Waals surface area (Å²) >= 11 is 0. The Labute approximate surface area is 130 Å². The average Bonchev–Trinajstić information content (AvgIpc) is 2.43. The monoisotopic (exact) mass is 321 g/mol. The standard InChI is InChI=1S/C15H15NO7/c1-8(2)22-15(18)7-21-13-6-12-10(5-11(13)16(19)20)9(3)4-14(17)23-12/h4-6,8H,7H2,1-3H3. The minimum atomic E-state index is -0.653. The van der Waals surface area contributed by atoms with Gasteiger partial charge >= 0.3 is 17.3 Å². The second kappa shape index (κ2) is 6.47. The second-order valence-corrected chi connectivity index (χ2v) is 5.15. The Morgan fingerprint density at radius 1 is 1.35 bits per heavy atom. The summed E-state index contributed by atoms with van der Waals surface area (Å²) in [6.45, 7) is 4.51. The van der Waals surface area contributed by atoms with Crippen LogP contribution in [0.2, 0.25) is 0 Å². The van der Waals surface area contributed by atoms with Gasteiger partial charge in [0, 0.05) is 23.6 Å². The molecule has 2 aromatic rings. The van der Waals surface area contributed by atoms with Gasteiger partial charge in [-0.25, -0.2) is 9.59 Å². The molecule has 0 aliphatic rings. The number of benzene rings is 1. The van der Waals surface area contributed by atoms with Crippen LogP contribution in [0.25, 0.3) is 11.0 Å². The molecule has 0 N–H and O–H groups in total. The van der Waals surface area contributed by atoms with Crippen LogP contribution in [-0.2, 0) is 9.53 Å². The summed E-state index contributed by atoms with van der Waals surface area (Å²) in [6, 6.07) is 3.72. The highest BCUT2D eigenvalue weighted by Crippen LogP contribution is 2.33. The molecule has 1 aromatic heterocycles. The normalized spacial score (nSPS) is 10.8. The molecule has 0 saturated heterocycles. The topological polar surface area (TPSA) is 109 Å². The maximum Gasteiger partial charge on any atom is 0.344 e. The molecule has 2 rings (SSSR count). The number of carbonyl (C=O) groups excluding carboxylic acids is 1. The Hall–Kier alpha value is -2.90. The molecule has 8 nitrogen and oxygen atoms in total. The molecule has 0 radical (unpaired) electrons. The number of ether oxygens (including phenoxy) is 2. The number of nitro groups is 1. The number of hydrogen-bond donors (Lipinski definition) is 0. The van der Waals surface area contributed by atoms with Crippen LogP contribution in [0.15, 0.2) is 27.4 Å². The van der Waals surface area contributed by atoms with Crippen molar-refractivity contribution in [1.29, 1.82) is 0 Å². The van der Waals surface area contributed by atoms with Crippen molar-refractivity contribution in [2.75, 3.05) is 6.61 Å². The Balaban J connectivity index is 2.41. The predicted molar refractivity (Wildman–Crippen MR) is 80.6 cm³/mol. The summed E-state index contributed by atoms with van der Waals surface area (Å²) in [7, 11) is 0. The first-order chi connectivity index (χ1) is 10.8. The first-order valence-electron chi connectivity index (χ1n) is 6.83. The maximum atomic E-state index is 11.5. The van der Waals surface area contributed by atoms with Crippen molar-refractivity contribution in [3.05, 3.63) is 44.3 Å². The number of nitrogens with zero attached hydrogens (tertiary/aromatic N) is 1. The fourth-order valence-electron chi connectivity index (χ4n) is 2.03. The van der Waals surface area contributed by atoms with Crippen LogP contribution in [0.4, 0.5) is 5.69 Å². The van der Waals surface area contributed by atoms with E-state index in [4.69, 9.17) is 13.9 Å². The molecule has 23 heavy (non-hydrogen) atoms. The van der Waals surface area contributed by atoms with E-state index in [1.807, 2.05) is 0 Å². The molecular weight excluding hydrogens is 306 g/mol. The highest BCUT2D eigenvalue weighted by Gasteiger charge is 2.20. The van der Waals surface area contributed by atoms with Gasteiger partial charge in [-0.1, -0.05) is 0 Å². The quantitative estimate of drug-likeness (QED) is 0.360. The zero-order valence-corrected chi connectivity index (χ0v) is 12.8. The number of esters is 1. The van der Waals surface area contributed by atoms with Crippen molar-refractivity contribution in [3.63, 3.8) is 0 Å². The molecule has 0 bridgehead atoms. The van der Waals surface area contributed by atoms with E-state index in [0.717, 1.165) is 0 Å². The van der Waals surface area contributed by atoms with E-state index in [-0.39, 0.29) is 23.1 Å². The Kier molecular flexibility index (Phi) is 4.63. The third-order valence-electron chi connectivity index (χ3n) is 2.94. The fourth-order valence-corrected chi connectivity index (χ4v) is 2.03. The third kappa shape index (κ3) is 3.85. The van der Waals surface area contributed by atoms with Gasteiger partial charge in [0.1, 0.15) is 5.58 Å². The number of carbonyl (C=O) groups is 1. The van der Waals surface area contributed by atoms with E-state index in [1.54, 1.807) is 20.8 Å². The lowest BCUT2D eigenvalue weighted by atomic mass is 10.1. The van der Waals surface area contributed by atoms with Crippen LogP contribution in [0.5, 0.6) is 5.75 Å². The number of hydrogen-bond acceptors (Lipinski definition) is 7. The van der Waals surface area contributed by atoms with Crippen LogP contribution in [0.1, 0.15) is 19.4 Å². The van der Waals surface area contributed by atoms with Gasteiger partial charge in [-0.15, -0.1) is 0 Å². The molecular formula is C15H15NO7. The molecule has 0 aliphatic carbocycles. The molecule has 8 heteroatoms. The highest BCUT2D eigenvalue weighted by molar-refractivity contribution is 5.85. The van der Waals surface area contributed by atoms with E-state index in [2.05, 4.69) is 0 Å². The van der Waals surface area contributed by atoms with Gasteiger partial charge in [0.25, 0.3) is 0 Å². The fraction of sp³-hybridized carbons (Fsp3) is 0.333. The molecule has 0 fully saturated rings. The minimum Gasteiger partial charge on any atom is -0.475 e. The Bertz CT molecular complexity index is 822. The molecule has 0 spiro atoms. The van der Waals surface area contributed by atoms with Crippen molar-refractivity contribution in [2.24, 2.45) is 0 Å². The molecule has 122 valence electrons.